The molecule has 0 aromatic heterocycles. The van der Waals surface area contributed by atoms with Gasteiger partial charge in [-0.25, -0.2) is 0 Å². The van der Waals surface area contributed by atoms with Crippen LogP contribution in [0.25, 0.3) is 0 Å². The molecule has 2 nitrogen and oxygen atoms in total. The minimum atomic E-state index is 0.787. The van der Waals surface area contributed by atoms with Gasteiger partial charge in [0.2, 0.25) is 0 Å². The fourth-order valence-electron chi connectivity index (χ4n) is 4.02. The first-order chi connectivity index (χ1) is 8.93. The second kappa shape index (κ2) is 4.36. The van der Waals surface area contributed by atoms with Crippen LogP contribution in [0.3, 0.4) is 0 Å². The molecular weight excluding hydrogens is 220 g/mol. The number of hydrogen-bond acceptors (Lipinski definition) is 2. The van der Waals surface area contributed by atoms with Crippen molar-refractivity contribution in [2.24, 2.45) is 11.8 Å². The zero-order valence-corrected chi connectivity index (χ0v) is 10.9. The fraction of sp³-hybridized carbons (Fsp3) is 0.625. The number of nitrogens with one attached hydrogen (secondary N) is 2. The maximum absolute atomic E-state index is 3.84. The highest BCUT2D eigenvalue weighted by atomic mass is 15.0. The van der Waals surface area contributed by atoms with Crippen molar-refractivity contribution in [3.05, 3.63) is 35.4 Å². The lowest BCUT2D eigenvalue weighted by Gasteiger charge is -2.23. The Bertz CT molecular complexity index is 436. The molecule has 2 fully saturated rings. The van der Waals surface area contributed by atoms with Crippen LogP contribution in [0.4, 0.5) is 0 Å². The lowest BCUT2D eigenvalue weighted by atomic mass is 9.98. The Morgan fingerprint density at radius 2 is 2.00 bits per heavy atom. The lowest BCUT2D eigenvalue weighted by Crippen LogP contribution is -2.35. The summed E-state index contributed by atoms with van der Waals surface area (Å²) in [6, 6.07) is 9.82. The molecule has 1 aromatic carbocycles. The van der Waals surface area contributed by atoms with E-state index >= 15 is 0 Å². The summed E-state index contributed by atoms with van der Waals surface area (Å²) in [5.41, 5.74) is 3.23. The van der Waals surface area contributed by atoms with Crippen molar-refractivity contribution in [1.29, 1.82) is 0 Å². The maximum Gasteiger partial charge on any atom is 0.0177 e. The molecule has 0 bridgehead atoms. The van der Waals surface area contributed by atoms with Gasteiger partial charge in [-0.1, -0.05) is 24.3 Å². The number of fused-ring (bicyclic) bond motifs is 3. The molecule has 4 rings (SSSR count). The predicted molar refractivity (Wildman–Crippen MR) is 73.8 cm³/mol. The zero-order chi connectivity index (χ0) is 11.9. The van der Waals surface area contributed by atoms with Gasteiger partial charge in [0.15, 0.2) is 0 Å². The molecule has 18 heavy (non-hydrogen) atoms. The maximum atomic E-state index is 3.84. The Kier molecular flexibility index (Phi) is 2.66. The summed E-state index contributed by atoms with van der Waals surface area (Å²) in [6.45, 7) is 3.67. The molecule has 3 atom stereocenters. The monoisotopic (exact) mass is 242 g/mol. The first-order valence-corrected chi connectivity index (χ1v) is 7.45. The van der Waals surface area contributed by atoms with Crippen molar-refractivity contribution in [2.75, 3.05) is 19.6 Å². The first-order valence-electron chi connectivity index (χ1n) is 7.45. The quantitative estimate of drug-likeness (QED) is 0.846. The van der Waals surface area contributed by atoms with Crippen LogP contribution in [0.5, 0.6) is 0 Å². The number of piperidine rings is 1. The van der Waals surface area contributed by atoms with Gasteiger partial charge in [-0.05, 0) is 61.9 Å². The molecule has 1 aromatic rings. The third kappa shape index (κ3) is 1.79. The van der Waals surface area contributed by atoms with Crippen molar-refractivity contribution in [2.45, 2.75) is 31.2 Å². The molecule has 96 valence electrons. The summed E-state index contributed by atoms with van der Waals surface area (Å²) in [6.07, 6.45) is 4.02. The van der Waals surface area contributed by atoms with E-state index in [9.17, 15) is 0 Å². The van der Waals surface area contributed by atoms with Gasteiger partial charge in [-0.3, -0.25) is 0 Å². The summed E-state index contributed by atoms with van der Waals surface area (Å²) in [4.78, 5) is 0. The first kappa shape index (κ1) is 11.0. The molecule has 2 aliphatic carbocycles. The van der Waals surface area contributed by atoms with Gasteiger partial charge in [0.25, 0.3) is 0 Å². The highest BCUT2D eigenvalue weighted by Crippen LogP contribution is 2.56. The van der Waals surface area contributed by atoms with E-state index in [0.29, 0.717) is 0 Å². The van der Waals surface area contributed by atoms with Crippen molar-refractivity contribution in [1.82, 2.24) is 10.6 Å². The highest BCUT2D eigenvalue weighted by molar-refractivity contribution is 5.44. The van der Waals surface area contributed by atoms with Crippen LogP contribution in [0, 0.1) is 11.8 Å². The largest absolute Gasteiger partial charge is 0.317 e. The average Bonchev–Trinajstić information content (AvgIpc) is 2.97. The Labute approximate surface area is 109 Å². The lowest BCUT2D eigenvalue weighted by molar-refractivity contribution is 0.352. The van der Waals surface area contributed by atoms with Crippen molar-refractivity contribution in [3.8, 4) is 0 Å². The van der Waals surface area contributed by atoms with E-state index in [1.54, 1.807) is 11.1 Å². The fourth-order valence-corrected chi connectivity index (χ4v) is 4.02. The van der Waals surface area contributed by atoms with E-state index in [-0.39, 0.29) is 0 Å². The molecule has 1 saturated carbocycles. The number of rotatable bonds is 3. The summed E-state index contributed by atoms with van der Waals surface area (Å²) in [5.74, 6) is 2.65. The van der Waals surface area contributed by atoms with E-state index in [2.05, 4.69) is 34.9 Å². The second-order valence-electron chi connectivity index (χ2n) is 6.22. The van der Waals surface area contributed by atoms with Crippen molar-refractivity contribution in [3.63, 3.8) is 0 Å². The molecule has 1 saturated heterocycles. The van der Waals surface area contributed by atoms with Gasteiger partial charge in [0.1, 0.15) is 0 Å². The minimum absolute atomic E-state index is 0.787. The van der Waals surface area contributed by atoms with Crippen LogP contribution >= 0.6 is 0 Å². The van der Waals surface area contributed by atoms with Crippen LogP contribution < -0.4 is 10.6 Å². The molecule has 1 heterocycles. The van der Waals surface area contributed by atoms with Crippen LogP contribution in [0.15, 0.2) is 24.3 Å². The summed E-state index contributed by atoms with van der Waals surface area (Å²) in [5, 5.41) is 7.28. The summed E-state index contributed by atoms with van der Waals surface area (Å²) >= 11 is 0. The minimum Gasteiger partial charge on any atom is -0.317 e. The Balaban J connectivity index is 1.34. The Hall–Kier alpha value is -0.860. The Morgan fingerprint density at radius 1 is 1.17 bits per heavy atom. The molecule has 0 spiro atoms. The standard InChI is InChI=1S/C16H22N2/c1-2-4-13-12(3-1)9-14-15(13)16(14)18-10-11-5-7-17-8-6-11/h1-4,11,14-18H,5-10H2/t14-,15+,16-/m0/s1. The molecule has 1 aliphatic heterocycles. The normalized spacial score (nSPS) is 34.1. The van der Waals surface area contributed by atoms with Gasteiger partial charge in [0, 0.05) is 12.0 Å². The molecule has 0 radical (unpaired) electrons. The molecule has 0 amide bonds. The third-order valence-corrected chi connectivity index (χ3v) is 5.14. The molecule has 2 N–H and O–H groups in total. The van der Waals surface area contributed by atoms with E-state index in [0.717, 1.165) is 23.8 Å². The molecule has 2 heteroatoms. The second-order valence-corrected chi connectivity index (χ2v) is 6.22. The van der Waals surface area contributed by atoms with Gasteiger partial charge in [0.05, 0.1) is 0 Å². The van der Waals surface area contributed by atoms with Crippen molar-refractivity contribution >= 4 is 0 Å². The predicted octanol–water partition coefficient (Wildman–Crippen LogP) is 1.91. The third-order valence-electron chi connectivity index (χ3n) is 5.14. The van der Waals surface area contributed by atoms with Gasteiger partial charge in [-0.15, -0.1) is 0 Å². The number of hydrogen-bond donors (Lipinski definition) is 2. The smallest absolute Gasteiger partial charge is 0.0177 e. The van der Waals surface area contributed by atoms with E-state index in [1.165, 1.54) is 38.9 Å². The van der Waals surface area contributed by atoms with Crippen LogP contribution in [0.1, 0.15) is 29.9 Å². The van der Waals surface area contributed by atoms with Gasteiger partial charge in [-0.2, -0.15) is 0 Å². The van der Waals surface area contributed by atoms with E-state index in [1.807, 2.05) is 0 Å². The SMILES string of the molecule is c1ccc2c(c1)C[C@@H]1[C@H](NCC3CCNCC3)[C@H]21. The van der Waals surface area contributed by atoms with Crippen molar-refractivity contribution < 1.29 is 0 Å². The zero-order valence-electron chi connectivity index (χ0n) is 10.9. The van der Waals surface area contributed by atoms with Crippen LogP contribution in [0.2, 0.25) is 0 Å². The Morgan fingerprint density at radius 3 is 2.89 bits per heavy atom. The average molecular weight is 242 g/mol. The van der Waals surface area contributed by atoms with E-state index < -0.39 is 0 Å². The van der Waals surface area contributed by atoms with Crippen LogP contribution in [-0.4, -0.2) is 25.7 Å². The topological polar surface area (TPSA) is 24.1 Å². The molecule has 3 aliphatic rings. The van der Waals surface area contributed by atoms with Gasteiger partial charge < -0.3 is 10.6 Å². The van der Waals surface area contributed by atoms with E-state index in [4.69, 9.17) is 0 Å². The molecular formula is C16H22N2. The highest BCUT2D eigenvalue weighted by Gasteiger charge is 2.55. The van der Waals surface area contributed by atoms with Gasteiger partial charge >= 0.3 is 0 Å². The summed E-state index contributed by atoms with van der Waals surface area (Å²) < 4.78 is 0. The summed E-state index contributed by atoms with van der Waals surface area (Å²) in [7, 11) is 0. The van der Waals surface area contributed by atoms with Crippen LogP contribution in [-0.2, 0) is 6.42 Å². The number of benzene rings is 1. The molecule has 0 unspecified atom stereocenters.